The summed E-state index contributed by atoms with van der Waals surface area (Å²) in [4.78, 5) is 25.8. The van der Waals surface area contributed by atoms with Gasteiger partial charge in [-0.05, 0) is 92.9 Å². The Balaban J connectivity index is 1.90. The number of nitrogens with zero attached hydrogens (tertiary/aromatic N) is 2. The van der Waals surface area contributed by atoms with Crippen molar-refractivity contribution in [2.45, 2.75) is 91.3 Å². The lowest BCUT2D eigenvalue weighted by Gasteiger charge is -2.57. The summed E-state index contributed by atoms with van der Waals surface area (Å²) in [5, 5.41) is 22.1. The number of hydrogen-bond acceptors (Lipinski definition) is 4. The number of aryl methyl sites for hydroxylation is 1. The molecule has 0 spiro atoms. The Morgan fingerprint density at radius 3 is 2.33 bits per heavy atom. The van der Waals surface area contributed by atoms with Crippen molar-refractivity contribution in [1.29, 1.82) is 0 Å². The highest BCUT2D eigenvalue weighted by molar-refractivity contribution is 5.78. The fourth-order valence-corrected chi connectivity index (χ4v) is 5.90. The van der Waals surface area contributed by atoms with Gasteiger partial charge in [-0.15, -0.1) is 0 Å². The molecule has 1 amide bonds. The SMILES string of the molecule is Cc1cc([N+](=O)[O-])c(OC(C)C)cc1C1=CC(C2CC2)N(C(=O)O)C(C2CC2)(C(C)(C)C)C1. The molecule has 1 heterocycles. The molecule has 0 saturated heterocycles. The molecule has 7 nitrogen and oxygen atoms in total. The number of nitro groups is 1. The van der Waals surface area contributed by atoms with Gasteiger partial charge in [0.05, 0.1) is 22.6 Å². The Bertz CT molecular complexity index is 1000. The predicted octanol–water partition coefficient (Wildman–Crippen LogP) is 6.43. The number of hydrogen-bond donors (Lipinski definition) is 1. The lowest BCUT2D eigenvalue weighted by molar-refractivity contribution is -0.386. The third kappa shape index (κ3) is 4.11. The van der Waals surface area contributed by atoms with Gasteiger partial charge in [0, 0.05) is 6.07 Å². The highest BCUT2D eigenvalue weighted by Crippen LogP contribution is 2.60. The minimum Gasteiger partial charge on any atom is -0.484 e. The lowest BCUT2D eigenvalue weighted by Crippen LogP contribution is -2.65. The Kier molecular flexibility index (Phi) is 5.74. The maximum atomic E-state index is 12.7. The molecule has 2 atom stereocenters. The van der Waals surface area contributed by atoms with Gasteiger partial charge in [0.15, 0.2) is 5.75 Å². The van der Waals surface area contributed by atoms with Crippen LogP contribution in [-0.2, 0) is 0 Å². The standard InChI is InChI=1S/C26H36N2O5/c1-15(2)33-23-13-20(16(3)11-22(23)28(31)32)18-12-21(17-7-8-17)27(24(29)30)26(14-18,19-9-10-19)25(4,5)6/h11-13,15,17,19,21H,7-10,14H2,1-6H3,(H,29,30). The van der Waals surface area contributed by atoms with Crippen molar-refractivity contribution < 1.29 is 19.6 Å². The molecule has 2 unspecified atom stereocenters. The van der Waals surface area contributed by atoms with Crippen LogP contribution in [0.1, 0.15) is 77.8 Å². The van der Waals surface area contributed by atoms with Crippen molar-refractivity contribution >= 4 is 17.4 Å². The van der Waals surface area contributed by atoms with Crippen molar-refractivity contribution in [2.24, 2.45) is 17.3 Å². The van der Waals surface area contributed by atoms with Crippen LogP contribution in [0.25, 0.3) is 5.57 Å². The van der Waals surface area contributed by atoms with E-state index in [0.717, 1.165) is 42.4 Å². The van der Waals surface area contributed by atoms with E-state index in [1.807, 2.05) is 20.8 Å². The van der Waals surface area contributed by atoms with Gasteiger partial charge in [0.25, 0.3) is 0 Å². The number of carboxylic acid groups (broad SMARTS) is 1. The minimum absolute atomic E-state index is 0.0310. The third-order valence-electron chi connectivity index (χ3n) is 7.63. The van der Waals surface area contributed by atoms with Crippen molar-refractivity contribution in [1.82, 2.24) is 4.90 Å². The maximum Gasteiger partial charge on any atom is 0.408 e. The molecule has 2 saturated carbocycles. The quantitative estimate of drug-likeness (QED) is 0.393. The largest absolute Gasteiger partial charge is 0.484 e. The molecule has 7 heteroatoms. The Morgan fingerprint density at radius 2 is 1.88 bits per heavy atom. The number of amides is 1. The first kappa shape index (κ1) is 23.6. The summed E-state index contributed by atoms with van der Waals surface area (Å²) >= 11 is 0. The molecule has 1 aliphatic heterocycles. The first-order chi connectivity index (χ1) is 15.4. The van der Waals surface area contributed by atoms with Crippen molar-refractivity contribution in [2.75, 3.05) is 0 Å². The third-order valence-corrected chi connectivity index (χ3v) is 7.63. The Hall–Kier alpha value is -2.57. The van der Waals surface area contributed by atoms with Gasteiger partial charge in [0.1, 0.15) is 0 Å². The molecule has 180 valence electrons. The lowest BCUT2D eigenvalue weighted by atomic mass is 9.62. The zero-order valence-corrected chi connectivity index (χ0v) is 20.6. The normalized spacial score (nSPS) is 25.7. The van der Waals surface area contributed by atoms with E-state index in [1.54, 1.807) is 17.0 Å². The number of rotatable bonds is 6. The van der Waals surface area contributed by atoms with Crippen LogP contribution in [0, 0.1) is 34.3 Å². The van der Waals surface area contributed by atoms with Gasteiger partial charge >= 0.3 is 11.8 Å². The van der Waals surface area contributed by atoms with Crippen LogP contribution in [-0.4, -0.2) is 38.7 Å². The average molecular weight is 457 g/mol. The molecule has 1 N–H and O–H groups in total. The molecule has 1 aromatic carbocycles. The van der Waals surface area contributed by atoms with Gasteiger partial charge in [-0.1, -0.05) is 26.8 Å². The van der Waals surface area contributed by atoms with E-state index in [2.05, 4.69) is 26.8 Å². The van der Waals surface area contributed by atoms with Crippen LogP contribution < -0.4 is 4.74 Å². The summed E-state index contributed by atoms with van der Waals surface area (Å²) < 4.78 is 5.84. The number of carbonyl (C=O) groups is 1. The van der Waals surface area contributed by atoms with E-state index in [0.29, 0.717) is 18.3 Å². The van der Waals surface area contributed by atoms with E-state index < -0.39 is 16.6 Å². The Labute approximate surface area is 196 Å². The molecule has 1 aromatic rings. The molecule has 0 aromatic heterocycles. The maximum absolute atomic E-state index is 12.7. The van der Waals surface area contributed by atoms with Crippen LogP contribution >= 0.6 is 0 Å². The number of nitro benzene ring substituents is 1. The van der Waals surface area contributed by atoms with Gasteiger partial charge in [-0.2, -0.15) is 0 Å². The van der Waals surface area contributed by atoms with Crippen molar-refractivity contribution in [3.05, 3.63) is 39.4 Å². The van der Waals surface area contributed by atoms with Crippen LogP contribution in [0.4, 0.5) is 10.5 Å². The highest BCUT2D eigenvalue weighted by Gasteiger charge is 2.62. The molecular weight excluding hydrogens is 420 g/mol. The Morgan fingerprint density at radius 1 is 1.24 bits per heavy atom. The molecule has 33 heavy (non-hydrogen) atoms. The molecule has 0 radical (unpaired) electrons. The van der Waals surface area contributed by atoms with Crippen LogP contribution in [0.3, 0.4) is 0 Å². The zero-order valence-electron chi connectivity index (χ0n) is 20.6. The number of ether oxygens (including phenoxy) is 1. The summed E-state index contributed by atoms with van der Waals surface area (Å²) in [6, 6.07) is 3.23. The smallest absolute Gasteiger partial charge is 0.408 e. The fourth-order valence-electron chi connectivity index (χ4n) is 5.90. The predicted molar refractivity (Wildman–Crippen MR) is 127 cm³/mol. The van der Waals surface area contributed by atoms with E-state index >= 15 is 0 Å². The van der Waals surface area contributed by atoms with Crippen molar-refractivity contribution in [3.8, 4) is 5.75 Å². The summed E-state index contributed by atoms with van der Waals surface area (Å²) in [5.41, 5.74) is 2.04. The van der Waals surface area contributed by atoms with Crippen LogP contribution in [0.15, 0.2) is 18.2 Å². The summed E-state index contributed by atoms with van der Waals surface area (Å²) in [6.07, 6.45) is 5.84. The van der Waals surface area contributed by atoms with Gasteiger partial charge in [-0.25, -0.2) is 4.79 Å². The summed E-state index contributed by atoms with van der Waals surface area (Å²) in [7, 11) is 0. The second-order valence-electron chi connectivity index (χ2n) is 11.4. The van der Waals surface area contributed by atoms with Crippen molar-refractivity contribution in [3.63, 3.8) is 0 Å². The van der Waals surface area contributed by atoms with E-state index in [1.165, 1.54) is 0 Å². The second-order valence-corrected chi connectivity index (χ2v) is 11.4. The summed E-state index contributed by atoms with van der Waals surface area (Å²) in [5.74, 6) is 0.929. The first-order valence-electron chi connectivity index (χ1n) is 12.1. The van der Waals surface area contributed by atoms with E-state index in [4.69, 9.17) is 4.74 Å². The number of benzene rings is 1. The topological polar surface area (TPSA) is 92.9 Å². The van der Waals surface area contributed by atoms with Gasteiger partial charge < -0.3 is 9.84 Å². The first-order valence-corrected chi connectivity index (χ1v) is 12.1. The van der Waals surface area contributed by atoms with Crippen LogP contribution in [0.2, 0.25) is 0 Å². The highest BCUT2D eigenvalue weighted by atomic mass is 16.6. The molecule has 2 fully saturated rings. The van der Waals surface area contributed by atoms with Crippen LogP contribution in [0.5, 0.6) is 5.75 Å². The van der Waals surface area contributed by atoms with Gasteiger partial charge in [0.2, 0.25) is 0 Å². The second kappa shape index (κ2) is 8.03. The average Bonchev–Trinajstić information content (AvgIpc) is 3.59. The zero-order chi connectivity index (χ0) is 24.3. The van der Waals surface area contributed by atoms with E-state index in [-0.39, 0.29) is 29.0 Å². The summed E-state index contributed by atoms with van der Waals surface area (Å²) in [6.45, 7) is 12.1. The molecule has 4 rings (SSSR count). The monoisotopic (exact) mass is 456 g/mol. The molecule has 2 aliphatic carbocycles. The minimum atomic E-state index is -0.840. The van der Waals surface area contributed by atoms with E-state index in [9.17, 15) is 20.0 Å². The molecular formula is C26H36N2O5. The van der Waals surface area contributed by atoms with Gasteiger partial charge in [-0.3, -0.25) is 15.0 Å². The fraction of sp³-hybridized carbons (Fsp3) is 0.654. The molecule has 0 bridgehead atoms. The molecule has 3 aliphatic rings.